The molecule has 15 heavy (non-hydrogen) atoms. The lowest BCUT2D eigenvalue weighted by atomic mass is 10.0. The zero-order valence-electron chi connectivity index (χ0n) is 8.82. The SMILES string of the molecule is COC(=O)c1ccc([C@@H]2CCCN2)cc1. The Bertz CT molecular complexity index is 339. The number of benzene rings is 1. The summed E-state index contributed by atoms with van der Waals surface area (Å²) in [4.78, 5) is 11.2. The van der Waals surface area contributed by atoms with Gasteiger partial charge in [-0.2, -0.15) is 0 Å². The van der Waals surface area contributed by atoms with E-state index in [-0.39, 0.29) is 5.97 Å². The lowest BCUT2D eigenvalue weighted by molar-refractivity contribution is 0.0600. The smallest absolute Gasteiger partial charge is 0.337 e. The summed E-state index contributed by atoms with van der Waals surface area (Å²) in [5.41, 5.74) is 1.86. The normalized spacial score (nSPS) is 20.2. The molecular formula is C12H15NO2. The summed E-state index contributed by atoms with van der Waals surface area (Å²) in [5, 5.41) is 3.42. The first-order chi connectivity index (χ1) is 7.31. The van der Waals surface area contributed by atoms with Gasteiger partial charge in [-0.1, -0.05) is 12.1 Å². The summed E-state index contributed by atoms with van der Waals surface area (Å²) in [7, 11) is 1.40. The lowest BCUT2D eigenvalue weighted by Crippen LogP contribution is -2.13. The Morgan fingerprint density at radius 3 is 2.67 bits per heavy atom. The zero-order chi connectivity index (χ0) is 10.7. The van der Waals surface area contributed by atoms with Crippen molar-refractivity contribution in [2.24, 2.45) is 0 Å². The van der Waals surface area contributed by atoms with Crippen molar-refractivity contribution < 1.29 is 9.53 Å². The third kappa shape index (κ3) is 2.18. The quantitative estimate of drug-likeness (QED) is 0.749. The van der Waals surface area contributed by atoms with E-state index in [2.05, 4.69) is 10.1 Å². The van der Waals surface area contributed by atoms with Crippen LogP contribution in [0, 0.1) is 0 Å². The minimum atomic E-state index is -0.277. The van der Waals surface area contributed by atoms with Crippen LogP contribution in [-0.4, -0.2) is 19.6 Å². The van der Waals surface area contributed by atoms with Gasteiger partial charge >= 0.3 is 5.97 Å². The van der Waals surface area contributed by atoms with Gasteiger partial charge in [0.15, 0.2) is 0 Å². The topological polar surface area (TPSA) is 38.3 Å². The van der Waals surface area contributed by atoms with Gasteiger partial charge in [0, 0.05) is 6.04 Å². The summed E-state index contributed by atoms with van der Waals surface area (Å²) in [6.45, 7) is 1.09. The number of hydrogen-bond acceptors (Lipinski definition) is 3. The van der Waals surface area contributed by atoms with E-state index in [1.54, 1.807) is 0 Å². The van der Waals surface area contributed by atoms with Gasteiger partial charge in [-0.05, 0) is 37.1 Å². The molecule has 0 radical (unpaired) electrons. The van der Waals surface area contributed by atoms with Gasteiger partial charge in [0.25, 0.3) is 0 Å². The highest BCUT2D eigenvalue weighted by Gasteiger charge is 2.16. The molecule has 80 valence electrons. The van der Waals surface area contributed by atoms with Crippen molar-refractivity contribution in [2.45, 2.75) is 18.9 Å². The Kier molecular flexibility index (Phi) is 3.02. The van der Waals surface area contributed by atoms with E-state index >= 15 is 0 Å². The fourth-order valence-corrected chi connectivity index (χ4v) is 1.94. The molecule has 1 atom stereocenters. The van der Waals surface area contributed by atoms with Crippen molar-refractivity contribution in [3.63, 3.8) is 0 Å². The van der Waals surface area contributed by atoms with Crippen molar-refractivity contribution >= 4 is 5.97 Å². The average Bonchev–Trinajstić information content (AvgIpc) is 2.82. The fourth-order valence-electron chi connectivity index (χ4n) is 1.94. The molecule has 0 bridgehead atoms. The predicted molar refractivity (Wildman–Crippen MR) is 57.8 cm³/mol. The van der Waals surface area contributed by atoms with E-state index in [4.69, 9.17) is 0 Å². The number of nitrogens with one attached hydrogen (secondary N) is 1. The van der Waals surface area contributed by atoms with Crippen LogP contribution in [0.2, 0.25) is 0 Å². The maximum absolute atomic E-state index is 11.2. The van der Waals surface area contributed by atoms with Gasteiger partial charge in [-0.15, -0.1) is 0 Å². The summed E-state index contributed by atoms with van der Waals surface area (Å²) in [6.07, 6.45) is 2.40. The molecule has 0 aromatic heterocycles. The summed E-state index contributed by atoms with van der Waals surface area (Å²) >= 11 is 0. The molecule has 0 aliphatic carbocycles. The second-order valence-corrected chi connectivity index (χ2v) is 3.76. The predicted octanol–water partition coefficient (Wildman–Crippen LogP) is 1.90. The van der Waals surface area contributed by atoms with Gasteiger partial charge in [0.2, 0.25) is 0 Å². The third-order valence-corrected chi connectivity index (χ3v) is 2.79. The van der Waals surface area contributed by atoms with E-state index in [1.807, 2.05) is 24.3 Å². The van der Waals surface area contributed by atoms with Gasteiger partial charge in [0.05, 0.1) is 12.7 Å². The van der Waals surface area contributed by atoms with Crippen molar-refractivity contribution in [1.29, 1.82) is 0 Å². The molecule has 1 N–H and O–H groups in total. The number of carbonyl (C=O) groups is 1. The molecule has 1 heterocycles. The molecular weight excluding hydrogens is 190 g/mol. The summed E-state index contributed by atoms with van der Waals surface area (Å²) < 4.78 is 4.65. The number of esters is 1. The largest absolute Gasteiger partial charge is 0.465 e. The molecule has 0 spiro atoms. The molecule has 0 unspecified atom stereocenters. The highest BCUT2D eigenvalue weighted by Crippen LogP contribution is 2.23. The molecule has 0 saturated carbocycles. The molecule has 3 nitrogen and oxygen atoms in total. The highest BCUT2D eigenvalue weighted by atomic mass is 16.5. The Morgan fingerprint density at radius 2 is 2.13 bits per heavy atom. The van der Waals surface area contributed by atoms with Gasteiger partial charge in [0.1, 0.15) is 0 Å². The first kappa shape index (κ1) is 10.2. The first-order valence-corrected chi connectivity index (χ1v) is 5.23. The molecule has 0 amide bonds. The van der Waals surface area contributed by atoms with Gasteiger partial charge in [-0.25, -0.2) is 4.79 Å². The van der Waals surface area contributed by atoms with Crippen LogP contribution in [0.5, 0.6) is 0 Å². The molecule has 2 rings (SSSR count). The van der Waals surface area contributed by atoms with E-state index in [1.165, 1.54) is 25.5 Å². The minimum absolute atomic E-state index is 0.277. The summed E-state index contributed by atoms with van der Waals surface area (Å²) in [6, 6.07) is 8.09. The minimum Gasteiger partial charge on any atom is -0.465 e. The first-order valence-electron chi connectivity index (χ1n) is 5.23. The van der Waals surface area contributed by atoms with Gasteiger partial charge < -0.3 is 10.1 Å². The summed E-state index contributed by atoms with van der Waals surface area (Å²) in [5.74, 6) is -0.277. The Labute approximate surface area is 89.4 Å². The molecule has 1 aromatic rings. The zero-order valence-corrected chi connectivity index (χ0v) is 8.82. The number of carbonyl (C=O) groups excluding carboxylic acids is 1. The molecule has 1 aromatic carbocycles. The number of hydrogen-bond donors (Lipinski definition) is 1. The van der Waals surface area contributed by atoms with Crippen molar-refractivity contribution in [1.82, 2.24) is 5.32 Å². The van der Waals surface area contributed by atoms with Crippen LogP contribution >= 0.6 is 0 Å². The number of ether oxygens (including phenoxy) is 1. The van der Waals surface area contributed by atoms with Crippen LogP contribution in [-0.2, 0) is 4.74 Å². The Balaban J connectivity index is 2.12. The van der Waals surface area contributed by atoms with Crippen LogP contribution in [0.1, 0.15) is 34.8 Å². The van der Waals surface area contributed by atoms with Crippen molar-refractivity contribution in [3.8, 4) is 0 Å². The molecule has 1 aliphatic rings. The number of rotatable bonds is 2. The molecule has 1 fully saturated rings. The monoisotopic (exact) mass is 205 g/mol. The standard InChI is InChI=1S/C12H15NO2/c1-15-12(14)10-6-4-9(5-7-10)11-3-2-8-13-11/h4-7,11,13H,2-3,8H2,1H3/t11-/m0/s1. The van der Waals surface area contributed by atoms with E-state index in [0.29, 0.717) is 11.6 Å². The third-order valence-electron chi connectivity index (χ3n) is 2.79. The van der Waals surface area contributed by atoms with Crippen molar-refractivity contribution in [3.05, 3.63) is 35.4 Å². The number of methoxy groups -OCH3 is 1. The van der Waals surface area contributed by atoms with E-state index in [9.17, 15) is 4.79 Å². The lowest BCUT2D eigenvalue weighted by Gasteiger charge is -2.10. The Morgan fingerprint density at radius 1 is 1.40 bits per heavy atom. The van der Waals surface area contributed by atoms with Crippen LogP contribution in [0.3, 0.4) is 0 Å². The highest BCUT2D eigenvalue weighted by molar-refractivity contribution is 5.89. The second-order valence-electron chi connectivity index (χ2n) is 3.76. The maximum Gasteiger partial charge on any atom is 0.337 e. The van der Waals surface area contributed by atoms with E-state index < -0.39 is 0 Å². The van der Waals surface area contributed by atoms with Crippen LogP contribution in [0.4, 0.5) is 0 Å². The fraction of sp³-hybridized carbons (Fsp3) is 0.417. The van der Waals surface area contributed by atoms with Crippen molar-refractivity contribution in [2.75, 3.05) is 13.7 Å². The van der Waals surface area contributed by atoms with Crippen LogP contribution in [0.15, 0.2) is 24.3 Å². The average molecular weight is 205 g/mol. The second kappa shape index (κ2) is 4.45. The van der Waals surface area contributed by atoms with Crippen LogP contribution in [0.25, 0.3) is 0 Å². The maximum atomic E-state index is 11.2. The molecule has 3 heteroatoms. The molecule has 1 aliphatic heterocycles. The Hall–Kier alpha value is -1.35. The van der Waals surface area contributed by atoms with Gasteiger partial charge in [-0.3, -0.25) is 0 Å². The van der Waals surface area contributed by atoms with Crippen LogP contribution < -0.4 is 5.32 Å². The van der Waals surface area contributed by atoms with E-state index in [0.717, 1.165) is 6.54 Å². The molecule has 1 saturated heterocycles.